The minimum absolute atomic E-state index is 0.0560. The molecule has 32 heavy (non-hydrogen) atoms. The second-order valence-corrected chi connectivity index (χ2v) is 7.66. The molecule has 1 N–H and O–H groups in total. The molecule has 6 nitrogen and oxygen atoms in total. The van der Waals surface area contributed by atoms with Crippen LogP contribution in [0.2, 0.25) is 0 Å². The third-order valence-corrected chi connectivity index (χ3v) is 3.06. The predicted molar refractivity (Wildman–Crippen MR) is 108 cm³/mol. The first kappa shape index (κ1) is 26.6. The van der Waals surface area contributed by atoms with E-state index in [1.807, 2.05) is 0 Å². The molecular weight excluding hydrogens is 438 g/mol. The van der Waals surface area contributed by atoms with Crippen molar-refractivity contribution in [2.75, 3.05) is 33.6 Å². The monoisotopic (exact) mass is 459 g/mol. The fourth-order valence-corrected chi connectivity index (χ4v) is 1.74. The van der Waals surface area contributed by atoms with Gasteiger partial charge in [-0.1, -0.05) is 0 Å². The molecule has 172 valence electrons. The zero-order valence-electron chi connectivity index (χ0n) is 17.6. The highest BCUT2D eigenvalue weighted by Gasteiger charge is 2.30. The van der Waals surface area contributed by atoms with Crippen LogP contribution in [0.15, 0.2) is 63.9 Å². The number of rotatable bonds is 3. The fraction of sp³-hybridized carbons (Fsp3) is 0.300. The molecule has 0 saturated carbocycles. The molecule has 0 fully saturated rings. The van der Waals surface area contributed by atoms with Gasteiger partial charge in [-0.3, -0.25) is 5.43 Å². The van der Waals surface area contributed by atoms with Crippen molar-refractivity contribution in [2.24, 2.45) is 15.3 Å². The number of benzene rings is 2. The molecule has 0 heterocycles. The Bertz CT molecular complexity index is 957. The molecular formula is C20H21F6N6+. The number of hydrogen-bond acceptors (Lipinski definition) is 4. The van der Waals surface area contributed by atoms with E-state index in [1.165, 1.54) is 0 Å². The van der Waals surface area contributed by atoms with Crippen LogP contribution in [0, 0.1) is 11.3 Å². The summed E-state index contributed by atoms with van der Waals surface area (Å²) in [6, 6.07) is 9.17. The van der Waals surface area contributed by atoms with Gasteiger partial charge in [-0.05, 0) is 48.5 Å². The number of hydrazone groups is 1. The van der Waals surface area contributed by atoms with Crippen molar-refractivity contribution in [3.63, 3.8) is 0 Å². The molecule has 2 aromatic rings. The molecule has 0 atom stereocenters. The molecule has 2 rings (SSSR count). The third kappa shape index (κ3) is 10.5. The average molecular weight is 459 g/mol. The van der Waals surface area contributed by atoms with Crippen LogP contribution in [-0.2, 0) is 12.4 Å². The maximum absolute atomic E-state index is 12.5. The smallest absolute Gasteiger partial charge is 0.333 e. The average Bonchev–Trinajstić information content (AvgIpc) is 2.66. The molecule has 0 aliphatic heterocycles. The van der Waals surface area contributed by atoms with Gasteiger partial charge in [0, 0.05) is 0 Å². The summed E-state index contributed by atoms with van der Waals surface area (Å²) in [5, 5.41) is 19.5. The van der Waals surface area contributed by atoms with E-state index in [1.54, 1.807) is 6.07 Å². The van der Waals surface area contributed by atoms with E-state index in [4.69, 9.17) is 5.26 Å². The van der Waals surface area contributed by atoms with Crippen LogP contribution >= 0.6 is 0 Å². The molecule has 0 aliphatic carbocycles. The third-order valence-electron chi connectivity index (χ3n) is 3.06. The Kier molecular flexibility index (Phi) is 8.90. The molecule has 0 unspecified atom stereocenters. The first-order valence-corrected chi connectivity index (χ1v) is 8.88. The maximum Gasteiger partial charge on any atom is 0.416 e. The molecule has 0 aromatic heterocycles. The molecule has 0 radical (unpaired) electrons. The molecule has 0 spiro atoms. The van der Waals surface area contributed by atoms with E-state index in [-0.39, 0.29) is 11.4 Å². The summed E-state index contributed by atoms with van der Waals surface area (Å²) < 4.78 is 75.7. The number of alkyl halides is 6. The van der Waals surface area contributed by atoms with Crippen molar-refractivity contribution in [3.8, 4) is 6.07 Å². The first-order chi connectivity index (χ1) is 14.6. The number of nitrogens with zero attached hydrogens (tertiary/aromatic N) is 5. The van der Waals surface area contributed by atoms with Gasteiger partial charge in [-0.15, -0.1) is 15.3 Å². The van der Waals surface area contributed by atoms with Crippen molar-refractivity contribution in [3.05, 3.63) is 59.7 Å². The number of halogens is 6. The van der Waals surface area contributed by atoms with Gasteiger partial charge in [0.05, 0.1) is 50.7 Å². The number of nitriles is 1. The van der Waals surface area contributed by atoms with Gasteiger partial charge in [0.2, 0.25) is 0 Å². The lowest BCUT2D eigenvalue weighted by Gasteiger charge is -2.14. The number of hydrogen-bond donors (Lipinski definition) is 1. The Balaban J connectivity index is 0.000000920. The van der Waals surface area contributed by atoms with Crippen LogP contribution in [-0.4, -0.2) is 38.5 Å². The van der Waals surface area contributed by atoms with Gasteiger partial charge in [-0.25, -0.2) is 0 Å². The number of anilines is 1. The van der Waals surface area contributed by atoms with E-state index in [2.05, 4.69) is 48.9 Å². The van der Waals surface area contributed by atoms with Crippen molar-refractivity contribution < 1.29 is 30.8 Å². The summed E-state index contributed by atoms with van der Waals surface area (Å²) in [6.45, 7) is 0. The lowest BCUT2D eigenvalue weighted by molar-refractivity contribution is -0.849. The fourth-order valence-electron chi connectivity index (χ4n) is 1.74. The summed E-state index contributed by atoms with van der Waals surface area (Å²) in [4.78, 5) is 0. The van der Waals surface area contributed by atoms with Crippen molar-refractivity contribution in [1.29, 1.82) is 5.26 Å². The highest BCUT2D eigenvalue weighted by molar-refractivity contribution is 5.97. The number of nitrogens with one attached hydrogen (secondary N) is 1. The summed E-state index contributed by atoms with van der Waals surface area (Å²) in [5.74, 6) is -0.477. The zero-order valence-corrected chi connectivity index (χ0v) is 17.6. The van der Waals surface area contributed by atoms with Crippen LogP contribution in [0.5, 0.6) is 0 Å². The number of azo groups is 1. The summed E-state index contributed by atoms with van der Waals surface area (Å²) in [5.41, 5.74) is 0.849. The van der Waals surface area contributed by atoms with Gasteiger partial charge in [0.1, 0.15) is 6.07 Å². The second kappa shape index (κ2) is 10.7. The van der Waals surface area contributed by atoms with Gasteiger partial charge in [0.25, 0.3) is 5.84 Å². The Morgan fingerprint density at radius 3 is 1.59 bits per heavy atom. The summed E-state index contributed by atoms with van der Waals surface area (Å²) in [6.07, 6.45) is -8.96. The van der Waals surface area contributed by atoms with Crippen molar-refractivity contribution in [2.45, 2.75) is 12.4 Å². The summed E-state index contributed by atoms with van der Waals surface area (Å²) in [7, 11) is 8.50. The SMILES string of the molecule is C[N+](C)(C)C.N#CC(N=Nc1ccc(C(F)(F)F)cc1)=NNc1ccc(C(F)(F)F)cc1. The Morgan fingerprint density at radius 2 is 1.22 bits per heavy atom. The zero-order chi connectivity index (χ0) is 24.6. The molecule has 2 aromatic carbocycles. The number of amidine groups is 1. The Labute approximate surface area is 181 Å². The van der Waals surface area contributed by atoms with Gasteiger partial charge in [0.15, 0.2) is 0 Å². The Hall–Kier alpha value is -3.46. The lowest BCUT2D eigenvalue weighted by atomic mass is 10.2. The van der Waals surface area contributed by atoms with Crippen molar-refractivity contribution in [1.82, 2.24) is 0 Å². The largest absolute Gasteiger partial charge is 0.416 e. The van der Waals surface area contributed by atoms with Crippen molar-refractivity contribution >= 4 is 17.2 Å². The highest BCUT2D eigenvalue weighted by atomic mass is 19.4. The topological polar surface area (TPSA) is 72.9 Å². The Morgan fingerprint density at radius 1 is 0.812 bits per heavy atom. The van der Waals surface area contributed by atoms with Gasteiger partial charge < -0.3 is 4.48 Å². The van der Waals surface area contributed by atoms with E-state index in [0.717, 1.165) is 53.0 Å². The minimum Gasteiger partial charge on any atom is -0.333 e. The molecule has 0 saturated heterocycles. The molecule has 0 amide bonds. The minimum atomic E-state index is -4.49. The van der Waals surface area contributed by atoms with Crippen LogP contribution in [0.25, 0.3) is 0 Å². The van der Waals surface area contributed by atoms with Gasteiger partial charge in [-0.2, -0.15) is 31.6 Å². The van der Waals surface area contributed by atoms with E-state index in [0.29, 0.717) is 0 Å². The first-order valence-electron chi connectivity index (χ1n) is 8.88. The van der Waals surface area contributed by atoms with Crippen LogP contribution in [0.4, 0.5) is 37.7 Å². The normalized spacial score (nSPS) is 12.7. The van der Waals surface area contributed by atoms with Crippen LogP contribution in [0.1, 0.15) is 11.1 Å². The predicted octanol–water partition coefficient (Wildman–Crippen LogP) is 6.08. The molecule has 12 heteroatoms. The molecule has 0 aliphatic rings. The van der Waals surface area contributed by atoms with Crippen LogP contribution in [0.3, 0.4) is 0 Å². The molecule has 0 bridgehead atoms. The summed E-state index contributed by atoms with van der Waals surface area (Å²) >= 11 is 0. The van der Waals surface area contributed by atoms with Gasteiger partial charge >= 0.3 is 12.4 Å². The lowest BCUT2D eigenvalue weighted by Crippen LogP contribution is -2.27. The second-order valence-electron chi connectivity index (χ2n) is 7.66. The standard InChI is InChI=1S/C16H9F6N5.C4H12N/c17-15(18,19)10-1-5-12(6-2-10)24-26-14(9-23)27-25-13-7-3-11(4-8-13)16(20,21)22;1-5(2,3)4/h1-8,24H;1-4H3/q;+1. The number of quaternary nitrogens is 1. The van der Waals surface area contributed by atoms with E-state index >= 15 is 0 Å². The quantitative estimate of drug-likeness (QED) is 0.151. The van der Waals surface area contributed by atoms with E-state index < -0.39 is 29.3 Å². The maximum atomic E-state index is 12.5. The highest BCUT2D eigenvalue weighted by Crippen LogP contribution is 2.31. The van der Waals surface area contributed by atoms with Crippen LogP contribution < -0.4 is 5.43 Å². The van der Waals surface area contributed by atoms with E-state index in [9.17, 15) is 26.3 Å².